The van der Waals surface area contributed by atoms with Crippen LogP contribution in [0.1, 0.15) is 32.6 Å². The highest BCUT2D eigenvalue weighted by atomic mass is 15.2. The van der Waals surface area contributed by atoms with Crippen molar-refractivity contribution in [1.82, 2.24) is 9.55 Å². The Bertz CT molecular complexity index is 604. The molecular formula is C18H23N3. The van der Waals surface area contributed by atoms with E-state index in [-0.39, 0.29) is 0 Å². The zero-order valence-corrected chi connectivity index (χ0v) is 12.6. The fourth-order valence-electron chi connectivity index (χ4n) is 4.42. The van der Waals surface area contributed by atoms with Crippen LogP contribution in [0.2, 0.25) is 0 Å². The van der Waals surface area contributed by atoms with Gasteiger partial charge in [-0.2, -0.15) is 0 Å². The molecule has 0 aliphatic heterocycles. The zero-order valence-electron chi connectivity index (χ0n) is 12.6. The normalized spacial score (nSPS) is 28.7. The van der Waals surface area contributed by atoms with Crippen molar-refractivity contribution in [3.63, 3.8) is 0 Å². The molecular weight excluding hydrogens is 258 g/mol. The van der Waals surface area contributed by atoms with Crippen molar-refractivity contribution < 1.29 is 0 Å². The summed E-state index contributed by atoms with van der Waals surface area (Å²) in [6.45, 7) is 2.33. The third kappa shape index (κ3) is 2.35. The van der Waals surface area contributed by atoms with Crippen LogP contribution >= 0.6 is 0 Å². The smallest absolute Gasteiger partial charge is 0.207 e. The molecule has 0 saturated heterocycles. The molecule has 3 nitrogen and oxygen atoms in total. The Morgan fingerprint density at radius 2 is 2.05 bits per heavy atom. The minimum atomic E-state index is 0.505. The number of anilines is 1. The van der Waals surface area contributed by atoms with Crippen LogP contribution < -0.4 is 5.32 Å². The molecule has 0 amide bonds. The molecule has 1 aromatic heterocycles. The molecule has 4 unspecified atom stereocenters. The maximum atomic E-state index is 4.52. The number of fused-ring (bicyclic) bond motifs is 2. The molecule has 2 aliphatic carbocycles. The van der Waals surface area contributed by atoms with Gasteiger partial charge < -0.3 is 5.32 Å². The van der Waals surface area contributed by atoms with E-state index in [0.29, 0.717) is 6.04 Å². The first-order chi connectivity index (χ1) is 10.3. The summed E-state index contributed by atoms with van der Waals surface area (Å²) in [7, 11) is 0. The molecule has 21 heavy (non-hydrogen) atoms. The van der Waals surface area contributed by atoms with Crippen molar-refractivity contribution in [2.45, 2.75) is 38.6 Å². The number of imidazole rings is 1. The molecule has 2 saturated carbocycles. The second kappa shape index (κ2) is 5.21. The van der Waals surface area contributed by atoms with Crippen molar-refractivity contribution >= 4 is 5.95 Å². The summed E-state index contributed by atoms with van der Waals surface area (Å²) >= 11 is 0. The molecule has 110 valence electrons. The molecule has 1 heterocycles. The van der Waals surface area contributed by atoms with Crippen LogP contribution in [0.25, 0.3) is 5.69 Å². The van der Waals surface area contributed by atoms with Gasteiger partial charge in [-0.25, -0.2) is 4.98 Å². The second-order valence-corrected chi connectivity index (χ2v) is 6.73. The van der Waals surface area contributed by atoms with Gasteiger partial charge in [0.25, 0.3) is 0 Å². The van der Waals surface area contributed by atoms with E-state index in [1.54, 1.807) is 0 Å². The highest BCUT2D eigenvalue weighted by molar-refractivity contribution is 5.42. The zero-order chi connectivity index (χ0) is 14.2. The Balaban J connectivity index is 1.52. The first-order valence-corrected chi connectivity index (χ1v) is 8.16. The number of benzene rings is 1. The molecule has 1 aromatic carbocycles. The van der Waals surface area contributed by atoms with Gasteiger partial charge in [0.1, 0.15) is 0 Å². The average molecular weight is 281 g/mol. The quantitative estimate of drug-likeness (QED) is 0.914. The van der Waals surface area contributed by atoms with Crippen LogP contribution in [0, 0.1) is 17.8 Å². The van der Waals surface area contributed by atoms with E-state index >= 15 is 0 Å². The summed E-state index contributed by atoms with van der Waals surface area (Å²) < 4.78 is 2.14. The fourth-order valence-corrected chi connectivity index (χ4v) is 4.42. The van der Waals surface area contributed by atoms with E-state index < -0.39 is 0 Å². The van der Waals surface area contributed by atoms with Crippen LogP contribution in [0.3, 0.4) is 0 Å². The van der Waals surface area contributed by atoms with Crippen LogP contribution in [0.4, 0.5) is 5.95 Å². The summed E-state index contributed by atoms with van der Waals surface area (Å²) in [6, 6.07) is 10.9. The van der Waals surface area contributed by atoms with Crippen LogP contribution in [0.5, 0.6) is 0 Å². The molecule has 1 N–H and O–H groups in total. The summed E-state index contributed by atoms with van der Waals surface area (Å²) in [5, 5.41) is 3.67. The molecule has 4 atom stereocenters. The van der Waals surface area contributed by atoms with Crippen molar-refractivity contribution in [2.75, 3.05) is 5.32 Å². The molecule has 2 aromatic rings. The number of para-hydroxylation sites is 1. The third-order valence-electron chi connectivity index (χ3n) is 5.47. The van der Waals surface area contributed by atoms with Crippen molar-refractivity contribution in [1.29, 1.82) is 0 Å². The van der Waals surface area contributed by atoms with Crippen LogP contribution in [0.15, 0.2) is 42.7 Å². The monoisotopic (exact) mass is 281 g/mol. The lowest BCUT2D eigenvalue weighted by Crippen LogP contribution is -2.31. The highest BCUT2D eigenvalue weighted by Gasteiger charge is 2.41. The number of nitrogens with one attached hydrogen (secondary N) is 1. The second-order valence-electron chi connectivity index (χ2n) is 6.73. The van der Waals surface area contributed by atoms with E-state index in [9.17, 15) is 0 Å². The van der Waals surface area contributed by atoms with Gasteiger partial charge in [0.15, 0.2) is 0 Å². The lowest BCUT2D eigenvalue weighted by Gasteiger charge is -2.29. The molecule has 0 radical (unpaired) electrons. The molecule has 4 rings (SSSR count). The number of hydrogen-bond donors (Lipinski definition) is 1. The Kier molecular flexibility index (Phi) is 3.21. The summed E-state index contributed by atoms with van der Waals surface area (Å²) in [5.74, 6) is 3.73. The summed E-state index contributed by atoms with van der Waals surface area (Å²) in [6.07, 6.45) is 9.68. The average Bonchev–Trinajstić information content (AvgIpc) is 3.24. The minimum absolute atomic E-state index is 0.505. The Labute approximate surface area is 126 Å². The maximum Gasteiger partial charge on any atom is 0.207 e. The van der Waals surface area contributed by atoms with Gasteiger partial charge in [0, 0.05) is 24.1 Å². The molecule has 2 bridgehead atoms. The van der Waals surface area contributed by atoms with Crippen LogP contribution in [-0.2, 0) is 0 Å². The third-order valence-corrected chi connectivity index (χ3v) is 5.47. The first kappa shape index (κ1) is 12.9. The lowest BCUT2D eigenvalue weighted by molar-refractivity contribution is 0.303. The van der Waals surface area contributed by atoms with Gasteiger partial charge in [-0.15, -0.1) is 0 Å². The van der Waals surface area contributed by atoms with Gasteiger partial charge in [-0.3, -0.25) is 4.57 Å². The van der Waals surface area contributed by atoms with Gasteiger partial charge in [0.2, 0.25) is 5.95 Å². The molecule has 3 heteroatoms. The van der Waals surface area contributed by atoms with Gasteiger partial charge in [0.05, 0.1) is 0 Å². The van der Waals surface area contributed by atoms with Crippen molar-refractivity contribution in [3.8, 4) is 5.69 Å². The number of rotatable bonds is 4. The van der Waals surface area contributed by atoms with E-state index in [2.05, 4.69) is 46.1 Å². The van der Waals surface area contributed by atoms with Crippen molar-refractivity contribution in [3.05, 3.63) is 42.7 Å². The predicted molar refractivity (Wildman–Crippen MR) is 85.6 cm³/mol. The molecule has 2 fully saturated rings. The number of nitrogens with zero attached hydrogens (tertiary/aromatic N) is 2. The highest BCUT2D eigenvalue weighted by Crippen LogP contribution is 2.49. The lowest BCUT2D eigenvalue weighted by atomic mass is 9.84. The van der Waals surface area contributed by atoms with Gasteiger partial charge >= 0.3 is 0 Å². The SMILES string of the molecule is CC(Nc1nccn1-c1ccccc1)C1CC2CCC1C2. The maximum absolute atomic E-state index is 4.52. The van der Waals surface area contributed by atoms with Crippen molar-refractivity contribution in [2.24, 2.45) is 17.8 Å². The summed E-state index contributed by atoms with van der Waals surface area (Å²) in [5.41, 5.74) is 1.16. The van der Waals surface area contributed by atoms with Crippen LogP contribution in [-0.4, -0.2) is 15.6 Å². The topological polar surface area (TPSA) is 29.9 Å². The number of aromatic nitrogens is 2. The summed E-state index contributed by atoms with van der Waals surface area (Å²) in [4.78, 5) is 4.52. The largest absolute Gasteiger partial charge is 0.353 e. The fraction of sp³-hybridized carbons (Fsp3) is 0.500. The van der Waals surface area contributed by atoms with Gasteiger partial charge in [-0.1, -0.05) is 24.6 Å². The van der Waals surface area contributed by atoms with E-state index in [0.717, 1.165) is 29.4 Å². The first-order valence-electron chi connectivity index (χ1n) is 8.16. The van der Waals surface area contributed by atoms with Gasteiger partial charge in [-0.05, 0) is 56.1 Å². The molecule has 2 aliphatic rings. The predicted octanol–water partition coefficient (Wildman–Crippen LogP) is 4.11. The molecule has 0 spiro atoms. The Hall–Kier alpha value is -1.77. The standard InChI is InChI=1S/C18H23N3/c1-13(17-12-14-7-8-15(17)11-14)20-18-19-9-10-21(18)16-5-3-2-4-6-16/h2-6,9-10,13-15,17H,7-8,11-12H2,1H3,(H,19,20). The minimum Gasteiger partial charge on any atom is -0.353 e. The van der Waals surface area contributed by atoms with E-state index in [1.165, 1.54) is 25.7 Å². The Morgan fingerprint density at radius 3 is 2.76 bits per heavy atom. The van der Waals surface area contributed by atoms with E-state index in [1.807, 2.05) is 18.5 Å². The number of hydrogen-bond acceptors (Lipinski definition) is 2. The Morgan fingerprint density at radius 1 is 1.19 bits per heavy atom. The van der Waals surface area contributed by atoms with E-state index in [4.69, 9.17) is 0 Å².